The summed E-state index contributed by atoms with van der Waals surface area (Å²) >= 11 is 7.50. The lowest BCUT2D eigenvalue weighted by atomic mass is 10.3. The highest BCUT2D eigenvalue weighted by Crippen LogP contribution is 2.25. The van der Waals surface area contributed by atoms with Crippen LogP contribution in [0.2, 0.25) is 5.02 Å². The number of fused-ring (bicyclic) bond motifs is 1. The molecule has 1 heterocycles. The van der Waals surface area contributed by atoms with Crippen LogP contribution in [0.25, 0.3) is 11.0 Å². The third-order valence-electron chi connectivity index (χ3n) is 2.25. The molecule has 0 N–H and O–H groups in total. The van der Waals surface area contributed by atoms with Crippen molar-refractivity contribution >= 4 is 34.4 Å². The molecule has 0 atom stereocenters. The fourth-order valence-electron chi connectivity index (χ4n) is 1.47. The number of hydrogen-bond donors (Lipinski definition) is 0. The largest absolute Gasteiger partial charge is 0.322 e. The van der Waals surface area contributed by atoms with Gasteiger partial charge in [0.05, 0.1) is 17.1 Å². The average Bonchev–Trinajstić information content (AvgIpc) is 2.56. The maximum Gasteiger partial charge on any atom is 0.168 e. The van der Waals surface area contributed by atoms with Gasteiger partial charge in [-0.25, -0.2) is 4.98 Å². The van der Waals surface area contributed by atoms with Gasteiger partial charge in [0.25, 0.3) is 0 Å². The summed E-state index contributed by atoms with van der Waals surface area (Å²) in [5.41, 5.74) is 1.96. The number of aromatic nitrogens is 2. The number of nitrogens with zero attached hydrogens (tertiary/aromatic N) is 3. The summed E-state index contributed by atoms with van der Waals surface area (Å²) in [5, 5.41) is 10.1. The van der Waals surface area contributed by atoms with Gasteiger partial charge >= 0.3 is 0 Å². The number of imidazole rings is 1. The molecule has 0 fully saturated rings. The van der Waals surface area contributed by atoms with E-state index in [2.05, 4.69) is 11.1 Å². The Hall–Kier alpha value is -1.18. The Morgan fingerprint density at radius 2 is 2.38 bits per heavy atom. The van der Waals surface area contributed by atoms with Crippen LogP contribution in [0.1, 0.15) is 6.42 Å². The van der Waals surface area contributed by atoms with Crippen LogP contribution >= 0.6 is 23.4 Å². The zero-order valence-corrected chi connectivity index (χ0v) is 10.3. The molecule has 0 saturated heterocycles. The Balaban J connectivity index is 2.33. The van der Waals surface area contributed by atoms with Crippen molar-refractivity contribution in [3.8, 4) is 6.07 Å². The van der Waals surface area contributed by atoms with Gasteiger partial charge in [0.1, 0.15) is 0 Å². The van der Waals surface area contributed by atoms with Crippen LogP contribution in [-0.4, -0.2) is 15.3 Å². The van der Waals surface area contributed by atoms with E-state index in [1.807, 2.05) is 29.8 Å². The van der Waals surface area contributed by atoms with Crippen LogP contribution < -0.4 is 0 Å². The number of nitriles is 1. The van der Waals surface area contributed by atoms with Gasteiger partial charge in [0.15, 0.2) is 5.16 Å². The second-order valence-corrected chi connectivity index (χ2v) is 4.84. The van der Waals surface area contributed by atoms with Gasteiger partial charge in [-0.15, -0.1) is 0 Å². The van der Waals surface area contributed by atoms with Gasteiger partial charge in [-0.1, -0.05) is 23.4 Å². The zero-order chi connectivity index (χ0) is 11.5. The molecular weight excluding hydrogens is 242 g/mol. The molecule has 5 heteroatoms. The maximum atomic E-state index is 8.48. The van der Waals surface area contributed by atoms with Crippen molar-refractivity contribution in [2.24, 2.45) is 7.05 Å². The van der Waals surface area contributed by atoms with Crippen LogP contribution in [0.4, 0.5) is 0 Å². The summed E-state index contributed by atoms with van der Waals surface area (Å²) in [6.45, 7) is 0. The Labute approximate surface area is 103 Å². The number of rotatable bonds is 3. The Morgan fingerprint density at radius 1 is 1.56 bits per heavy atom. The maximum absolute atomic E-state index is 8.48. The molecule has 1 aromatic heterocycles. The number of thioether (sulfide) groups is 1. The SMILES string of the molecule is Cn1c(SCCC#N)nc2cc(Cl)ccc21. The summed E-state index contributed by atoms with van der Waals surface area (Å²) in [6, 6.07) is 7.79. The molecule has 0 amide bonds. The Morgan fingerprint density at radius 3 is 3.12 bits per heavy atom. The Kier molecular flexibility index (Phi) is 3.37. The van der Waals surface area contributed by atoms with E-state index in [4.69, 9.17) is 16.9 Å². The second-order valence-electron chi connectivity index (χ2n) is 3.34. The molecule has 0 unspecified atom stereocenters. The fourth-order valence-corrected chi connectivity index (χ4v) is 2.47. The molecule has 0 saturated carbocycles. The molecule has 1 aromatic carbocycles. The van der Waals surface area contributed by atoms with Gasteiger partial charge in [-0.2, -0.15) is 5.26 Å². The molecule has 0 radical (unpaired) electrons. The van der Waals surface area contributed by atoms with E-state index < -0.39 is 0 Å². The van der Waals surface area contributed by atoms with Gasteiger partial charge in [0.2, 0.25) is 0 Å². The first-order valence-corrected chi connectivity index (χ1v) is 6.20. The number of benzene rings is 1. The van der Waals surface area contributed by atoms with Gasteiger partial charge in [-0.3, -0.25) is 0 Å². The molecule has 2 rings (SSSR count). The van der Waals surface area contributed by atoms with Crippen LogP contribution in [0.3, 0.4) is 0 Å². The summed E-state index contributed by atoms with van der Waals surface area (Å²) < 4.78 is 2.02. The van der Waals surface area contributed by atoms with Crippen molar-refractivity contribution in [2.75, 3.05) is 5.75 Å². The van der Waals surface area contributed by atoms with E-state index in [0.717, 1.165) is 21.9 Å². The molecule has 0 bridgehead atoms. The fraction of sp³-hybridized carbons (Fsp3) is 0.273. The van der Waals surface area contributed by atoms with Gasteiger partial charge in [0, 0.05) is 24.2 Å². The van der Waals surface area contributed by atoms with Crippen molar-refractivity contribution in [1.29, 1.82) is 5.26 Å². The third kappa shape index (κ3) is 2.16. The van der Waals surface area contributed by atoms with E-state index in [1.54, 1.807) is 11.8 Å². The molecule has 0 aliphatic carbocycles. The number of hydrogen-bond acceptors (Lipinski definition) is 3. The molecule has 82 valence electrons. The van der Waals surface area contributed by atoms with Crippen LogP contribution in [0.15, 0.2) is 23.4 Å². The first-order valence-electron chi connectivity index (χ1n) is 4.84. The predicted molar refractivity (Wildman–Crippen MR) is 66.7 cm³/mol. The highest BCUT2D eigenvalue weighted by Gasteiger charge is 2.07. The molecule has 0 spiro atoms. The van der Waals surface area contributed by atoms with Crippen molar-refractivity contribution < 1.29 is 0 Å². The number of aryl methyl sites for hydroxylation is 1. The zero-order valence-electron chi connectivity index (χ0n) is 8.77. The Bertz CT molecular complexity index is 556. The minimum atomic E-state index is 0.536. The molecule has 16 heavy (non-hydrogen) atoms. The van der Waals surface area contributed by atoms with E-state index >= 15 is 0 Å². The van der Waals surface area contributed by atoms with Crippen LogP contribution in [0.5, 0.6) is 0 Å². The summed E-state index contributed by atoms with van der Waals surface area (Å²) in [4.78, 5) is 4.48. The quantitative estimate of drug-likeness (QED) is 0.621. The third-order valence-corrected chi connectivity index (χ3v) is 3.51. The van der Waals surface area contributed by atoms with E-state index in [0.29, 0.717) is 11.4 Å². The summed E-state index contributed by atoms with van der Waals surface area (Å²) in [6.07, 6.45) is 0.536. The minimum Gasteiger partial charge on any atom is -0.322 e. The molecule has 0 aliphatic heterocycles. The van der Waals surface area contributed by atoms with Crippen molar-refractivity contribution in [2.45, 2.75) is 11.6 Å². The average molecular weight is 252 g/mol. The first-order chi connectivity index (χ1) is 7.72. The molecule has 0 aliphatic rings. The van der Waals surface area contributed by atoms with Crippen molar-refractivity contribution in [3.63, 3.8) is 0 Å². The molecule has 2 aromatic rings. The topological polar surface area (TPSA) is 41.6 Å². The smallest absolute Gasteiger partial charge is 0.168 e. The molecular formula is C11H10ClN3S. The van der Waals surface area contributed by atoms with Gasteiger partial charge < -0.3 is 4.57 Å². The second kappa shape index (κ2) is 4.77. The van der Waals surface area contributed by atoms with E-state index in [9.17, 15) is 0 Å². The first kappa shape index (κ1) is 11.3. The molecule has 3 nitrogen and oxygen atoms in total. The van der Waals surface area contributed by atoms with Crippen molar-refractivity contribution in [1.82, 2.24) is 9.55 Å². The predicted octanol–water partition coefficient (Wildman–Crippen LogP) is 3.23. The highest BCUT2D eigenvalue weighted by atomic mass is 35.5. The minimum absolute atomic E-state index is 0.536. The lowest BCUT2D eigenvalue weighted by Crippen LogP contribution is -1.91. The van der Waals surface area contributed by atoms with Crippen LogP contribution in [0, 0.1) is 11.3 Å². The lowest BCUT2D eigenvalue weighted by molar-refractivity contribution is 0.815. The van der Waals surface area contributed by atoms with Crippen LogP contribution in [-0.2, 0) is 7.05 Å². The van der Waals surface area contributed by atoms with Crippen molar-refractivity contribution in [3.05, 3.63) is 23.2 Å². The normalized spacial score (nSPS) is 10.6. The van der Waals surface area contributed by atoms with E-state index in [1.165, 1.54) is 0 Å². The standard InChI is InChI=1S/C11H10ClN3S/c1-15-10-4-3-8(12)7-9(10)14-11(15)16-6-2-5-13/h3-4,7H,2,6H2,1H3. The van der Waals surface area contributed by atoms with Gasteiger partial charge in [-0.05, 0) is 18.2 Å². The van der Waals surface area contributed by atoms with E-state index in [-0.39, 0.29) is 0 Å². The summed E-state index contributed by atoms with van der Waals surface area (Å²) in [5.74, 6) is 0.765. The highest BCUT2D eigenvalue weighted by molar-refractivity contribution is 7.99. The monoisotopic (exact) mass is 251 g/mol. The number of halogens is 1. The lowest BCUT2D eigenvalue weighted by Gasteiger charge is -1.99. The summed E-state index contributed by atoms with van der Waals surface area (Å²) in [7, 11) is 1.97.